The van der Waals surface area contributed by atoms with Crippen molar-refractivity contribution >= 4 is 17.7 Å². The molecular weight excluding hydrogens is 224 g/mol. The SMILES string of the molecule is CC(C)(CNC(=O)c1nccnc1N)C(=O)O. The first-order valence-electron chi connectivity index (χ1n) is 4.92. The Balaban J connectivity index is 2.69. The lowest BCUT2D eigenvalue weighted by Crippen LogP contribution is -2.39. The summed E-state index contributed by atoms with van der Waals surface area (Å²) in [6, 6.07) is 0. The molecule has 0 saturated carbocycles. The van der Waals surface area contributed by atoms with E-state index in [1.807, 2.05) is 0 Å². The number of aliphatic carboxylic acids is 1. The lowest BCUT2D eigenvalue weighted by atomic mass is 9.94. The Morgan fingerprint density at radius 3 is 2.53 bits per heavy atom. The zero-order valence-electron chi connectivity index (χ0n) is 9.60. The molecule has 0 saturated heterocycles. The van der Waals surface area contributed by atoms with Crippen LogP contribution in [0.15, 0.2) is 12.4 Å². The minimum absolute atomic E-state index is 0.00584. The van der Waals surface area contributed by atoms with Gasteiger partial charge < -0.3 is 16.2 Å². The summed E-state index contributed by atoms with van der Waals surface area (Å²) in [5, 5.41) is 11.3. The van der Waals surface area contributed by atoms with Crippen LogP contribution in [0.1, 0.15) is 24.3 Å². The van der Waals surface area contributed by atoms with E-state index in [1.165, 1.54) is 26.2 Å². The van der Waals surface area contributed by atoms with E-state index in [-0.39, 0.29) is 18.1 Å². The van der Waals surface area contributed by atoms with Crippen molar-refractivity contribution in [2.75, 3.05) is 12.3 Å². The molecule has 0 aliphatic heterocycles. The van der Waals surface area contributed by atoms with Crippen LogP contribution in [0.4, 0.5) is 5.82 Å². The molecule has 7 heteroatoms. The maximum atomic E-state index is 11.6. The highest BCUT2D eigenvalue weighted by atomic mass is 16.4. The number of hydrogen-bond acceptors (Lipinski definition) is 5. The third kappa shape index (κ3) is 3.13. The van der Waals surface area contributed by atoms with Crippen molar-refractivity contribution in [2.24, 2.45) is 5.41 Å². The molecule has 4 N–H and O–H groups in total. The summed E-state index contributed by atoms with van der Waals surface area (Å²) in [6.07, 6.45) is 2.71. The third-order valence-corrected chi connectivity index (χ3v) is 2.21. The van der Waals surface area contributed by atoms with Gasteiger partial charge >= 0.3 is 5.97 Å². The summed E-state index contributed by atoms with van der Waals surface area (Å²) in [4.78, 5) is 30.0. The number of rotatable bonds is 4. The fraction of sp³-hybridized carbons (Fsp3) is 0.400. The molecular formula is C10H14N4O3. The van der Waals surface area contributed by atoms with Crippen LogP contribution in [-0.2, 0) is 4.79 Å². The predicted molar refractivity (Wildman–Crippen MR) is 60.2 cm³/mol. The fourth-order valence-corrected chi connectivity index (χ4v) is 0.984. The minimum atomic E-state index is -1.05. The number of aromatic nitrogens is 2. The van der Waals surface area contributed by atoms with E-state index in [9.17, 15) is 9.59 Å². The van der Waals surface area contributed by atoms with Crippen LogP contribution in [0, 0.1) is 5.41 Å². The zero-order chi connectivity index (χ0) is 13.1. The molecule has 1 heterocycles. The maximum absolute atomic E-state index is 11.6. The summed E-state index contributed by atoms with van der Waals surface area (Å²) < 4.78 is 0. The summed E-state index contributed by atoms with van der Waals surface area (Å²) in [5.41, 5.74) is 4.42. The average molecular weight is 238 g/mol. The van der Waals surface area contributed by atoms with Crippen molar-refractivity contribution in [1.29, 1.82) is 0 Å². The second kappa shape index (κ2) is 4.77. The number of amides is 1. The second-order valence-corrected chi connectivity index (χ2v) is 4.16. The average Bonchev–Trinajstić information content (AvgIpc) is 2.26. The van der Waals surface area contributed by atoms with Crippen LogP contribution < -0.4 is 11.1 Å². The van der Waals surface area contributed by atoms with Crippen LogP contribution >= 0.6 is 0 Å². The monoisotopic (exact) mass is 238 g/mol. The van der Waals surface area contributed by atoms with E-state index in [1.54, 1.807) is 0 Å². The van der Waals surface area contributed by atoms with Gasteiger partial charge in [0.25, 0.3) is 5.91 Å². The molecule has 1 amide bonds. The third-order valence-electron chi connectivity index (χ3n) is 2.21. The summed E-state index contributed by atoms with van der Waals surface area (Å²) >= 11 is 0. The van der Waals surface area contributed by atoms with Gasteiger partial charge in [-0.05, 0) is 13.8 Å². The fourth-order valence-electron chi connectivity index (χ4n) is 0.984. The van der Waals surface area contributed by atoms with Gasteiger partial charge in [-0.25, -0.2) is 9.97 Å². The van der Waals surface area contributed by atoms with Crippen molar-refractivity contribution in [2.45, 2.75) is 13.8 Å². The van der Waals surface area contributed by atoms with E-state index in [0.29, 0.717) is 0 Å². The van der Waals surface area contributed by atoms with E-state index in [4.69, 9.17) is 10.8 Å². The van der Waals surface area contributed by atoms with Gasteiger partial charge in [0.05, 0.1) is 5.41 Å². The first kappa shape index (κ1) is 12.9. The largest absolute Gasteiger partial charge is 0.481 e. The number of carbonyl (C=O) groups excluding carboxylic acids is 1. The number of carbonyl (C=O) groups is 2. The smallest absolute Gasteiger partial charge is 0.310 e. The van der Waals surface area contributed by atoms with Gasteiger partial charge in [0, 0.05) is 18.9 Å². The van der Waals surface area contributed by atoms with Gasteiger partial charge in [-0.1, -0.05) is 0 Å². The molecule has 0 atom stereocenters. The molecule has 0 spiro atoms. The Hall–Kier alpha value is -2.18. The van der Waals surface area contributed by atoms with E-state index < -0.39 is 17.3 Å². The minimum Gasteiger partial charge on any atom is -0.481 e. The summed E-state index contributed by atoms with van der Waals surface area (Å²) in [6.45, 7) is 3.00. The van der Waals surface area contributed by atoms with Crippen molar-refractivity contribution < 1.29 is 14.7 Å². The molecule has 1 rings (SSSR count). The molecule has 0 radical (unpaired) electrons. The van der Waals surface area contributed by atoms with E-state index >= 15 is 0 Å². The number of nitrogens with zero attached hydrogens (tertiary/aromatic N) is 2. The van der Waals surface area contributed by atoms with Crippen molar-refractivity contribution in [1.82, 2.24) is 15.3 Å². The second-order valence-electron chi connectivity index (χ2n) is 4.16. The number of nitrogen functional groups attached to an aromatic ring is 1. The topological polar surface area (TPSA) is 118 Å². The molecule has 0 aliphatic rings. The van der Waals surface area contributed by atoms with Crippen molar-refractivity contribution in [3.63, 3.8) is 0 Å². The highest BCUT2D eigenvalue weighted by Gasteiger charge is 2.28. The molecule has 7 nitrogen and oxygen atoms in total. The number of hydrogen-bond donors (Lipinski definition) is 3. The number of nitrogens with one attached hydrogen (secondary N) is 1. The van der Waals surface area contributed by atoms with Crippen LogP contribution in [0.2, 0.25) is 0 Å². The standard InChI is InChI=1S/C10H14N4O3/c1-10(2,9(16)17)5-14-8(15)6-7(11)13-4-3-12-6/h3-4H,5H2,1-2H3,(H2,11,13)(H,14,15)(H,16,17). The molecule has 1 aromatic rings. The van der Waals surface area contributed by atoms with Gasteiger partial charge in [-0.2, -0.15) is 0 Å². The number of carboxylic acid groups (broad SMARTS) is 1. The first-order chi connectivity index (χ1) is 7.84. The quantitative estimate of drug-likeness (QED) is 0.674. The van der Waals surface area contributed by atoms with Gasteiger partial charge in [-0.3, -0.25) is 9.59 Å². The normalized spacial score (nSPS) is 10.9. The number of carboxylic acids is 1. The van der Waals surface area contributed by atoms with E-state index in [2.05, 4.69) is 15.3 Å². The van der Waals surface area contributed by atoms with Crippen LogP contribution in [-0.4, -0.2) is 33.5 Å². The van der Waals surface area contributed by atoms with Gasteiger partial charge in [0.15, 0.2) is 11.5 Å². The van der Waals surface area contributed by atoms with Gasteiger partial charge in [0.1, 0.15) is 0 Å². The number of nitrogens with two attached hydrogens (primary N) is 1. The summed E-state index contributed by atoms with van der Waals surface area (Å²) in [5.74, 6) is -1.52. The maximum Gasteiger partial charge on any atom is 0.310 e. The highest BCUT2D eigenvalue weighted by molar-refractivity contribution is 5.96. The molecule has 0 unspecified atom stereocenters. The molecule has 0 bridgehead atoms. The van der Waals surface area contributed by atoms with Gasteiger partial charge in [0.2, 0.25) is 0 Å². The van der Waals surface area contributed by atoms with Crippen molar-refractivity contribution in [3.05, 3.63) is 18.1 Å². The Kier molecular flexibility index (Phi) is 3.62. The lowest BCUT2D eigenvalue weighted by molar-refractivity contribution is -0.146. The Morgan fingerprint density at radius 2 is 2.00 bits per heavy atom. The zero-order valence-corrected chi connectivity index (χ0v) is 9.60. The highest BCUT2D eigenvalue weighted by Crippen LogP contribution is 2.13. The molecule has 0 aromatic carbocycles. The predicted octanol–water partition coefficient (Wildman–Crippen LogP) is -0.101. The molecule has 0 fully saturated rings. The van der Waals surface area contributed by atoms with Crippen LogP contribution in [0.5, 0.6) is 0 Å². The van der Waals surface area contributed by atoms with Crippen molar-refractivity contribution in [3.8, 4) is 0 Å². The summed E-state index contributed by atoms with van der Waals surface area (Å²) in [7, 11) is 0. The Labute approximate surface area is 98.1 Å². The van der Waals surface area contributed by atoms with E-state index in [0.717, 1.165) is 0 Å². The first-order valence-corrected chi connectivity index (χ1v) is 4.92. The Bertz CT molecular complexity index is 445. The van der Waals surface area contributed by atoms with Crippen LogP contribution in [0.25, 0.3) is 0 Å². The van der Waals surface area contributed by atoms with Gasteiger partial charge in [-0.15, -0.1) is 0 Å². The molecule has 1 aromatic heterocycles. The molecule has 0 aliphatic carbocycles. The molecule has 92 valence electrons. The molecule has 17 heavy (non-hydrogen) atoms. The number of anilines is 1. The Morgan fingerprint density at radius 1 is 1.41 bits per heavy atom. The lowest BCUT2D eigenvalue weighted by Gasteiger charge is -2.19. The van der Waals surface area contributed by atoms with Crippen LogP contribution in [0.3, 0.4) is 0 Å².